The van der Waals surface area contributed by atoms with Gasteiger partial charge in [0.05, 0.1) is 6.42 Å². The van der Waals surface area contributed by atoms with E-state index < -0.39 is 0 Å². The fraction of sp³-hybridized carbons (Fsp3) is 0.250. The van der Waals surface area contributed by atoms with Gasteiger partial charge in [0.15, 0.2) is 5.69 Å². The predicted molar refractivity (Wildman–Crippen MR) is 84.1 cm³/mol. The highest BCUT2D eigenvalue weighted by Gasteiger charge is 2.13. The summed E-state index contributed by atoms with van der Waals surface area (Å²) in [5, 5.41) is 14.3. The zero-order valence-electron chi connectivity index (χ0n) is 13.0. The molecule has 2 heterocycles. The minimum Gasteiger partial charge on any atom is -0.407 e. The molecule has 2 aromatic heterocycles. The van der Waals surface area contributed by atoms with Gasteiger partial charge in [-0.1, -0.05) is 36.3 Å². The fourth-order valence-corrected chi connectivity index (χ4v) is 2.14. The molecule has 0 unspecified atom stereocenters. The summed E-state index contributed by atoms with van der Waals surface area (Å²) in [5.41, 5.74) is 2.65. The van der Waals surface area contributed by atoms with E-state index in [1.54, 1.807) is 24.0 Å². The molecule has 0 fully saturated rings. The largest absolute Gasteiger partial charge is 0.407 e. The van der Waals surface area contributed by atoms with Crippen molar-refractivity contribution >= 4 is 11.9 Å². The van der Waals surface area contributed by atoms with Crippen LogP contribution in [-0.2, 0) is 19.9 Å². The molecular formula is C16H17N5O2. The molecule has 0 bridgehead atoms. The van der Waals surface area contributed by atoms with Crippen LogP contribution in [0.2, 0.25) is 0 Å². The monoisotopic (exact) mass is 311 g/mol. The van der Waals surface area contributed by atoms with Gasteiger partial charge in [-0.05, 0) is 23.6 Å². The van der Waals surface area contributed by atoms with Gasteiger partial charge in [-0.15, -0.1) is 5.10 Å². The maximum Gasteiger partial charge on any atom is 0.322 e. The van der Waals surface area contributed by atoms with Crippen LogP contribution in [0.1, 0.15) is 34.4 Å². The van der Waals surface area contributed by atoms with Gasteiger partial charge >= 0.3 is 6.01 Å². The van der Waals surface area contributed by atoms with Crippen molar-refractivity contribution in [2.24, 2.45) is 7.05 Å². The maximum absolute atomic E-state index is 12.0. The normalized spacial score (nSPS) is 10.7. The zero-order chi connectivity index (χ0) is 16.2. The number of anilines is 1. The van der Waals surface area contributed by atoms with Crippen LogP contribution >= 0.6 is 0 Å². The Balaban J connectivity index is 1.64. The Morgan fingerprint density at radius 3 is 2.57 bits per heavy atom. The van der Waals surface area contributed by atoms with Gasteiger partial charge in [0.1, 0.15) is 0 Å². The van der Waals surface area contributed by atoms with Crippen LogP contribution in [0.3, 0.4) is 0 Å². The number of carbonyl (C=O) groups is 1. The topological polar surface area (TPSA) is 85.8 Å². The van der Waals surface area contributed by atoms with E-state index in [0.29, 0.717) is 18.0 Å². The zero-order valence-corrected chi connectivity index (χ0v) is 13.0. The van der Waals surface area contributed by atoms with Crippen molar-refractivity contribution in [3.05, 3.63) is 59.2 Å². The predicted octanol–water partition coefficient (Wildman–Crippen LogP) is 2.21. The second-order valence-corrected chi connectivity index (χ2v) is 5.18. The number of aryl methyl sites for hydroxylation is 2. The van der Waals surface area contributed by atoms with Crippen LogP contribution in [-0.4, -0.2) is 25.9 Å². The number of hydrogen-bond donors (Lipinski definition) is 1. The number of carbonyl (C=O) groups excluding carboxylic acids is 1. The van der Waals surface area contributed by atoms with Crippen LogP contribution in [0, 0.1) is 0 Å². The highest BCUT2D eigenvalue weighted by Crippen LogP contribution is 2.13. The molecule has 1 N–H and O–H groups in total. The number of hydrogen-bond acceptors (Lipinski definition) is 5. The van der Waals surface area contributed by atoms with Crippen LogP contribution in [0.4, 0.5) is 6.01 Å². The van der Waals surface area contributed by atoms with Gasteiger partial charge in [0.2, 0.25) is 5.89 Å². The number of rotatable bonds is 5. The highest BCUT2D eigenvalue weighted by atomic mass is 16.4. The number of nitrogens with zero attached hydrogens (tertiary/aromatic N) is 4. The second kappa shape index (κ2) is 6.43. The molecule has 1 amide bonds. The van der Waals surface area contributed by atoms with E-state index in [-0.39, 0.29) is 11.9 Å². The summed E-state index contributed by atoms with van der Waals surface area (Å²) >= 11 is 0. The van der Waals surface area contributed by atoms with Gasteiger partial charge in [-0.3, -0.25) is 14.8 Å². The van der Waals surface area contributed by atoms with E-state index >= 15 is 0 Å². The molecule has 118 valence electrons. The molecule has 3 rings (SSSR count). The Morgan fingerprint density at radius 1 is 1.17 bits per heavy atom. The summed E-state index contributed by atoms with van der Waals surface area (Å²) in [5.74, 6) is 0.0682. The smallest absolute Gasteiger partial charge is 0.322 e. The standard InChI is InChI=1S/C16H17N5O2/c1-3-11-4-6-12(7-5-11)10-14-18-19-16(23-14)17-15(22)13-8-9-21(2)20-13/h4-9H,3,10H2,1-2H3,(H,17,19,22). The van der Waals surface area contributed by atoms with Crippen molar-refractivity contribution < 1.29 is 9.21 Å². The third kappa shape index (κ3) is 3.63. The first-order valence-electron chi connectivity index (χ1n) is 7.35. The Labute approximate surface area is 133 Å². The van der Waals surface area contributed by atoms with Crippen molar-refractivity contribution in [2.45, 2.75) is 19.8 Å². The molecule has 0 aliphatic carbocycles. The Hall–Kier alpha value is -2.96. The van der Waals surface area contributed by atoms with E-state index in [0.717, 1.165) is 12.0 Å². The van der Waals surface area contributed by atoms with E-state index in [2.05, 4.69) is 39.7 Å². The first-order valence-corrected chi connectivity index (χ1v) is 7.35. The molecule has 3 aromatic rings. The lowest BCUT2D eigenvalue weighted by Gasteiger charge is -1.99. The van der Waals surface area contributed by atoms with Crippen LogP contribution in [0.5, 0.6) is 0 Å². The third-order valence-electron chi connectivity index (χ3n) is 3.42. The lowest BCUT2D eigenvalue weighted by Crippen LogP contribution is -2.13. The molecule has 7 nitrogen and oxygen atoms in total. The summed E-state index contributed by atoms with van der Waals surface area (Å²) in [7, 11) is 1.74. The van der Waals surface area contributed by atoms with E-state index in [1.165, 1.54) is 5.56 Å². The van der Waals surface area contributed by atoms with Crippen molar-refractivity contribution in [2.75, 3.05) is 5.32 Å². The summed E-state index contributed by atoms with van der Waals surface area (Å²) in [4.78, 5) is 12.0. The van der Waals surface area contributed by atoms with Gasteiger partial charge < -0.3 is 4.42 Å². The van der Waals surface area contributed by atoms with Crippen molar-refractivity contribution in [3.63, 3.8) is 0 Å². The molecule has 1 aromatic carbocycles. The fourth-order valence-electron chi connectivity index (χ4n) is 2.14. The summed E-state index contributed by atoms with van der Waals surface area (Å²) in [6.07, 6.45) is 3.22. The first-order chi connectivity index (χ1) is 11.1. The molecule has 23 heavy (non-hydrogen) atoms. The van der Waals surface area contributed by atoms with Crippen LogP contribution < -0.4 is 5.32 Å². The first kappa shape index (κ1) is 15.0. The van der Waals surface area contributed by atoms with Gasteiger partial charge in [-0.2, -0.15) is 5.10 Å². The Morgan fingerprint density at radius 2 is 1.91 bits per heavy atom. The van der Waals surface area contributed by atoms with E-state index in [4.69, 9.17) is 4.42 Å². The molecule has 0 atom stereocenters. The van der Waals surface area contributed by atoms with Gasteiger partial charge in [0.25, 0.3) is 5.91 Å². The van der Waals surface area contributed by atoms with Crippen LogP contribution in [0.15, 0.2) is 40.9 Å². The average Bonchev–Trinajstić information content (AvgIpc) is 3.17. The van der Waals surface area contributed by atoms with Gasteiger partial charge in [-0.25, -0.2) is 0 Å². The SMILES string of the molecule is CCc1ccc(Cc2nnc(NC(=O)c3ccn(C)n3)o2)cc1. The number of amides is 1. The van der Waals surface area contributed by atoms with E-state index in [1.807, 2.05) is 12.1 Å². The number of nitrogens with one attached hydrogen (secondary N) is 1. The summed E-state index contributed by atoms with van der Waals surface area (Å²) in [6.45, 7) is 2.11. The minimum atomic E-state index is -0.381. The summed E-state index contributed by atoms with van der Waals surface area (Å²) < 4.78 is 7.00. The second-order valence-electron chi connectivity index (χ2n) is 5.18. The lowest BCUT2D eigenvalue weighted by molar-refractivity contribution is 0.101. The average molecular weight is 311 g/mol. The van der Waals surface area contributed by atoms with E-state index in [9.17, 15) is 4.79 Å². The third-order valence-corrected chi connectivity index (χ3v) is 3.42. The quantitative estimate of drug-likeness (QED) is 0.780. The summed E-state index contributed by atoms with van der Waals surface area (Å²) in [6, 6.07) is 9.91. The number of benzene rings is 1. The lowest BCUT2D eigenvalue weighted by atomic mass is 10.1. The molecule has 7 heteroatoms. The van der Waals surface area contributed by atoms with Crippen LogP contribution in [0.25, 0.3) is 0 Å². The Kier molecular flexibility index (Phi) is 4.18. The molecule has 0 saturated carbocycles. The highest BCUT2D eigenvalue weighted by molar-refractivity contribution is 6.01. The molecule has 0 aliphatic heterocycles. The number of aromatic nitrogens is 4. The van der Waals surface area contributed by atoms with Crippen molar-refractivity contribution in [1.29, 1.82) is 0 Å². The Bertz CT molecular complexity index is 804. The van der Waals surface area contributed by atoms with Gasteiger partial charge in [0, 0.05) is 13.2 Å². The molecular weight excluding hydrogens is 294 g/mol. The van der Waals surface area contributed by atoms with Crippen molar-refractivity contribution in [1.82, 2.24) is 20.0 Å². The molecule has 0 radical (unpaired) electrons. The molecule has 0 spiro atoms. The minimum absolute atomic E-state index is 0.0702. The van der Waals surface area contributed by atoms with Crippen molar-refractivity contribution in [3.8, 4) is 0 Å². The molecule has 0 saturated heterocycles. The molecule has 0 aliphatic rings. The maximum atomic E-state index is 12.0.